The lowest BCUT2D eigenvalue weighted by atomic mass is 9.74. The van der Waals surface area contributed by atoms with Crippen molar-refractivity contribution in [1.29, 1.82) is 0 Å². The standard InChI is InChI=1S/C27H30F3NO2S/c1-4-17-10-16(3)11-18(5-2)24(17)25-21(32)12-20(13-22(25)33)26(8-9-26)15-34-23-7-6-19(14-31-23)27(28,29)30/h6-7,10-11,14,20,32H,4-5,8-9,12-13,15H2,1-3H3. The summed E-state index contributed by atoms with van der Waals surface area (Å²) in [5.74, 6) is 0.882. The molecule has 1 fully saturated rings. The Hall–Kier alpha value is -2.28. The Balaban J connectivity index is 1.53. The van der Waals surface area contributed by atoms with Crippen LogP contribution in [-0.2, 0) is 23.8 Å². The van der Waals surface area contributed by atoms with Crippen molar-refractivity contribution in [2.75, 3.05) is 5.75 Å². The first-order valence-electron chi connectivity index (χ1n) is 11.8. The van der Waals surface area contributed by atoms with Gasteiger partial charge in [-0.3, -0.25) is 4.79 Å². The quantitative estimate of drug-likeness (QED) is 0.413. The molecule has 1 aromatic carbocycles. The zero-order valence-corrected chi connectivity index (χ0v) is 20.6. The van der Waals surface area contributed by atoms with Crippen molar-refractivity contribution >= 4 is 23.1 Å². The normalized spacial score (nSPS) is 20.1. The number of aryl methyl sites for hydroxylation is 3. The molecule has 1 N–H and O–H groups in total. The summed E-state index contributed by atoms with van der Waals surface area (Å²) in [5, 5.41) is 11.6. The predicted octanol–water partition coefficient (Wildman–Crippen LogP) is 7.35. The van der Waals surface area contributed by atoms with Crippen molar-refractivity contribution < 1.29 is 23.1 Å². The number of rotatable bonds is 7. The van der Waals surface area contributed by atoms with E-state index in [0.717, 1.165) is 60.2 Å². The van der Waals surface area contributed by atoms with Gasteiger partial charge in [0.25, 0.3) is 0 Å². The number of Topliss-reactive ketones (excluding diaryl/α,β-unsaturated/α-hetero) is 1. The highest BCUT2D eigenvalue weighted by molar-refractivity contribution is 7.99. The van der Waals surface area contributed by atoms with Crippen LogP contribution in [0.3, 0.4) is 0 Å². The van der Waals surface area contributed by atoms with Crippen LogP contribution in [0.15, 0.2) is 41.2 Å². The first-order chi connectivity index (χ1) is 16.1. The van der Waals surface area contributed by atoms with Crippen molar-refractivity contribution in [2.24, 2.45) is 11.3 Å². The molecule has 1 atom stereocenters. The Labute approximate surface area is 202 Å². The smallest absolute Gasteiger partial charge is 0.417 e. The number of alkyl halides is 3. The maximum Gasteiger partial charge on any atom is 0.417 e. The molecule has 0 saturated heterocycles. The topological polar surface area (TPSA) is 50.2 Å². The summed E-state index contributed by atoms with van der Waals surface area (Å²) in [7, 11) is 0. The third-order valence-corrected chi connectivity index (χ3v) is 8.48. The largest absolute Gasteiger partial charge is 0.512 e. The highest BCUT2D eigenvalue weighted by Crippen LogP contribution is 2.59. The number of thioether (sulfide) groups is 1. The van der Waals surface area contributed by atoms with Gasteiger partial charge >= 0.3 is 6.18 Å². The van der Waals surface area contributed by atoms with Crippen LogP contribution in [0.25, 0.3) is 5.57 Å². The number of benzene rings is 1. The minimum absolute atomic E-state index is 0.00840. The van der Waals surface area contributed by atoms with E-state index in [4.69, 9.17) is 0 Å². The molecule has 2 aliphatic carbocycles. The van der Waals surface area contributed by atoms with Gasteiger partial charge in [-0.2, -0.15) is 13.2 Å². The van der Waals surface area contributed by atoms with Crippen molar-refractivity contribution in [2.45, 2.75) is 70.5 Å². The second-order valence-corrected chi connectivity index (χ2v) is 10.5. The maximum absolute atomic E-state index is 13.4. The van der Waals surface area contributed by atoms with E-state index < -0.39 is 11.7 Å². The molecule has 0 spiro atoms. The Bertz CT molecular complexity index is 1090. The third kappa shape index (κ3) is 4.90. The van der Waals surface area contributed by atoms with Crippen molar-refractivity contribution in [3.63, 3.8) is 0 Å². The highest BCUT2D eigenvalue weighted by atomic mass is 32.2. The molecule has 2 aromatic rings. The predicted molar refractivity (Wildman–Crippen MR) is 129 cm³/mol. The lowest BCUT2D eigenvalue weighted by molar-refractivity contribution is -0.137. The Morgan fingerprint density at radius 3 is 2.24 bits per heavy atom. The van der Waals surface area contributed by atoms with Crippen molar-refractivity contribution in [3.05, 3.63) is 64.0 Å². The molecule has 3 nitrogen and oxygen atoms in total. The number of pyridine rings is 1. The number of aromatic nitrogens is 1. The molecule has 0 amide bonds. The van der Waals surface area contributed by atoms with E-state index in [1.165, 1.54) is 17.8 Å². The molecule has 4 rings (SSSR count). The molecular weight excluding hydrogens is 459 g/mol. The first kappa shape index (κ1) is 24.8. The molecular formula is C27H30F3NO2S. The molecule has 0 bridgehead atoms. The summed E-state index contributed by atoms with van der Waals surface area (Å²) in [6, 6.07) is 6.66. The van der Waals surface area contributed by atoms with E-state index in [1.54, 1.807) is 0 Å². The van der Waals surface area contributed by atoms with Crippen LogP contribution >= 0.6 is 11.8 Å². The Kier molecular flexibility index (Phi) is 6.87. The van der Waals surface area contributed by atoms with E-state index >= 15 is 0 Å². The summed E-state index contributed by atoms with van der Waals surface area (Å²) >= 11 is 1.43. The number of nitrogens with zero attached hydrogens (tertiary/aromatic N) is 1. The number of halogens is 3. The van der Waals surface area contributed by atoms with Gasteiger partial charge < -0.3 is 5.11 Å². The lowest BCUT2D eigenvalue weighted by Gasteiger charge is -2.31. The Morgan fingerprint density at radius 1 is 1.12 bits per heavy atom. The van der Waals surface area contributed by atoms with Crippen LogP contribution in [0.5, 0.6) is 0 Å². The van der Waals surface area contributed by atoms with E-state index in [1.807, 2.05) is 0 Å². The molecule has 1 aromatic heterocycles. The number of ketones is 1. The minimum Gasteiger partial charge on any atom is -0.512 e. The second-order valence-electron chi connectivity index (χ2n) is 9.55. The van der Waals surface area contributed by atoms with Gasteiger partial charge in [-0.25, -0.2) is 4.98 Å². The Morgan fingerprint density at radius 2 is 1.76 bits per heavy atom. The average Bonchev–Trinajstić information content (AvgIpc) is 3.58. The van der Waals surface area contributed by atoms with Gasteiger partial charge in [0.2, 0.25) is 0 Å². The molecule has 7 heteroatoms. The van der Waals surface area contributed by atoms with Gasteiger partial charge in [-0.15, -0.1) is 11.8 Å². The molecule has 182 valence electrons. The van der Waals surface area contributed by atoms with Crippen LogP contribution in [-0.4, -0.2) is 21.6 Å². The van der Waals surface area contributed by atoms with Gasteiger partial charge in [0.05, 0.1) is 16.2 Å². The minimum atomic E-state index is -4.40. The van der Waals surface area contributed by atoms with Crippen LogP contribution in [0.4, 0.5) is 13.2 Å². The number of hydrogen-bond donors (Lipinski definition) is 1. The van der Waals surface area contributed by atoms with Gasteiger partial charge in [0, 0.05) is 24.8 Å². The van der Waals surface area contributed by atoms with E-state index in [-0.39, 0.29) is 22.9 Å². The number of allylic oxidation sites excluding steroid dienone is 2. The fourth-order valence-corrected chi connectivity index (χ4v) is 6.37. The lowest BCUT2D eigenvalue weighted by Crippen LogP contribution is -2.28. The number of carbonyl (C=O) groups excluding carboxylic acids is 1. The zero-order chi connectivity index (χ0) is 24.7. The summed E-state index contributed by atoms with van der Waals surface area (Å²) in [5.41, 5.74) is 3.89. The third-order valence-electron chi connectivity index (χ3n) is 7.23. The fourth-order valence-electron chi connectivity index (χ4n) is 5.11. The van der Waals surface area contributed by atoms with Crippen LogP contribution < -0.4 is 0 Å². The first-order valence-corrected chi connectivity index (χ1v) is 12.8. The van der Waals surface area contributed by atoms with E-state index in [2.05, 4.69) is 37.9 Å². The summed E-state index contributed by atoms with van der Waals surface area (Å²) in [6.07, 6.45) is 0.799. The fraction of sp³-hybridized carbons (Fsp3) is 0.481. The maximum atomic E-state index is 13.4. The van der Waals surface area contributed by atoms with Crippen LogP contribution in [0.1, 0.15) is 67.3 Å². The molecule has 0 aliphatic heterocycles. The van der Waals surface area contributed by atoms with E-state index in [9.17, 15) is 23.1 Å². The number of hydrogen-bond acceptors (Lipinski definition) is 4. The van der Waals surface area contributed by atoms with Gasteiger partial charge in [0.1, 0.15) is 5.76 Å². The molecule has 1 saturated carbocycles. The number of aliphatic hydroxyl groups is 1. The van der Waals surface area contributed by atoms with Crippen LogP contribution in [0.2, 0.25) is 0 Å². The highest BCUT2D eigenvalue weighted by Gasteiger charge is 2.51. The van der Waals surface area contributed by atoms with Gasteiger partial charge in [0.15, 0.2) is 5.78 Å². The number of carbonyl (C=O) groups is 1. The molecule has 34 heavy (non-hydrogen) atoms. The van der Waals surface area contributed by atoms with Gasteiger partial charge in [-0.1, -0.05) is 31.5 Å². The molecule has 0 radical (unpaired) electrons. The van der Waals surface area contributed by atoms with E-state index in [0.29, 0.717) is 29.2 Å². The van der Waals surface area contributed by atoms with Crippen molar-refractivity contribution in [3.8, 4) is 0 Å². The molecule has 2 aliphatic rings. The zero-order valence-electron chi connectivity index (χ0n) is 19.8. The SMILES string of the molecule is CCc1cc(C)cc(CC)c1C1=C(O)CC(C2(CSc3ccc(C(F)(F)F)cn3)CC2)CC1=O. The molecule has 1 unspecified atom stereocenters. The average molecular weight is 490 g/mol. The van der Waals surface area contributed by atoms with Gasteiger partial charge in [-0.05, 0) is 72.8 Å². The summed E-state index contributed by atoms with van der Waals surface area (Å²) in [6.45, 7) is 6.18. The summed E-state index contributed by atoms with van der Waals surface area (Å²) < 4.78 is 38.4. The number of aliphatic hydroxyl groups excluding tert-OH is 1. The molecule has 1 heterocycles. The second kappa shape index (κ2) is 9.40. The van der Waals surface area contributed by atoms with Crippen LogP contribution in [0, 0.1) is 18.3 Å². The van der Waals surface area contributed by atoms with Crippen molar-refractivity contribution in [1.82, 2.24) is 4.98 Å². The monoisotopic (exact) mass is 489 g/mol. The summed E-state index contributed by atoms with van der Waals surface area (Å²) in [4.78, 5) is 17.3.